The van der Waals surface area contributed by atoms with E-state index in [1.807, 2.05) is 43.5 Å². The first-order chi connectivity index (χ1) is 14.8. The van der Waals surface area contributed by atoms with Gasteiger partial charge in [-0.15, -0.1) is 0 Å². The van der Waals surface area contributed by atoms with Crippen LogP contribution < -0.4 is 5.32 Å². The lowest BCUT2D eigenvalue weighted by molar-refractivity contribution is 0.647. The maximum Gasteiger partial charge on any atom is 0.0485 e. The van der Waals surface area contributed by atoms with Crippen LogP contribution in [0.25, 0.3) is 0 Å². The van der Waals surface area contributed by atoms with E-state index in [1.165, 1.54) is 22.3 Å². The predicted molar refractivity (Wildman–Crippen MR) is 134 cm³/mol. The molecular weight excluding hydrogens is 376 g/mol. The Hall–Kier alpha value is -3.39. The standard InChI is InChI=1S/C15H17N.C7H9N.C7H8/c1-10-11(2)15(12(10)3)16-13(4)14-8-6-5-7-9-14;1-6-3-4-8-7(2)5-6;1-7-5-3-2-4-6-7/h5-9,13,16H,1-2H2,3-4H3;3-5H,1-2H3;2-6H,1H3/t13-;;/m1../s1. The van der Waals surface area contributed by atoms with E-state index in [0.29, 0.717) is 6.04 Å². The molecule has 0 saturated heterocycles. The van der Waals surface area contributed by atoms with Gasteiger partial charge in [0.25, 0.3) is 0 Å². The normalized spacial score (nSPS) is 13.2. The fourth-order valence-corrected chi connectivity index (χ4v) is 3.15. The van der Waals surface area contributed by atoms with Crippen molar-refractivity contribution < 1.29 is 0 Å². The van der Waals surface area contributed by atoms with Crippen molar-refractivity contribution in [3.05, 3.63) is 137 Å². The van der Waals surface area contributed by atoms with E-state index in [9.17, 15) is 0 Å². The van der Waals surface area contributed by atoms with Crippen molar-refractivity contribution in [2.24, 2.45) is 0 Å². The van der Waals surface area contributed by atoms with Gasteiger partial charge in [-0.1, -0.05) is 79.4 Å². The summed E-state index contributed by atoms with van der Waals surface area (Å²) in [6, 6.07) is 25.0. The average molecular weight is 411 g/mol. The van der Waals surface area contributed by atoms with Gasteiger partial charge < -0.3 is 5.32 Å². The summed E-state index contributed by atoms with van der Waals surface area (Å²) in [4.78, 5) is 4.04. The van der Waals surface area contributed by atoms with Crippen LogP contribution in [0.3, 0.4) is 0 Å². The van der Waals surface area contributed by atoms with E-state index in [-0.39, 0.29) is 0 Å². The maximum absolute atomic E-state index is 4.04. The first kappa shape index (κ1) is 23.9. The number of pyridine rings is 1. The van der Waals surface area contributed by atoms with E-state index in [1.54, 1.807) is 0 Å². The van der Waals surface area contributed by atoms with Crippen LogP contribution in [0, 0.1) is 20.8 Å². The Morgan fingerprint density at radius 2 is 1.32 bits per heavy atom. The molecule has 4 rings (SSSR count). The fraction of sp³-hybridized carbons (Fsp3) is 0.207. The molecule has 1 aromatic heterocycles. The molecule has 1 N–H and O–H groups in total. The molecule has 0 unspecified atom stereocenters. The van der Waals surface area contributed by atoms with Crippen molar-refractivity contribution in [2.45, 2.75) is 40.7 Å². The molecule has 0 radical (unpaired) electrons. The van der Waals surface area contributed by atoms with Crippen LogP contribution in [-0.2, 0) is 0 Å². The molecule has 2 aromatic carbocycles. The Kier molecular flexibility index (Phi) is 9.02. The lowest BCUT2D eigenvalue weighted by Gasteiger charge is -2.30. The highest BCUT2D eigenvalue weighted by atomic mass is 14.9. The molecule has 3 aromatic rings. The largest absolute Gasteiger partial charge is 0.378 e. The van der Waals surface area contributed by atoms with Gasteiger partial charge in [-0.05, 0) is 74.6 Å². The number of nitrogens with one attached hydrogen (secondary N) is 1. The molecule has 0 amide bonds. The minimum absolute atomic E-state index is 0.302. The van der Waals surface area contributed by atoms with E-state index in [2.05, 4.69) is 93.6 Å². The fourth-order valence-electron chi connectivity index (χ4n) is 3.15. The molecule has 160 valence electrons. The van der Waals surface area contributed by atoms with E-state index in [0.717, 1.165) is 22.5 Å². The van der Waals surface area contributed by atoms with Crippen molar-refractivity contribution in [1.29, 1.82) is 0 Å². The quantitative estimate of drug-likeness (QED) is 0.485. The molecule has 0 spiro atoms. The molecule has 1 aliphatic carbocycles. The van der Waals surface area contributed by atoms with Crippen LogP contribution in [-0.4, -0.2) is 4.98 Å². The zero-order valence-corrected chi connectivity index (χ0v) is 19.4. The number of rotatable bonds is 3. The molecule has 1 atom stereocenters. The summed E-state index contributed by atoms with van der Waals surface area (Å²) >= 11 is 0. The number of nitrogens with zero attached hydrogens (tertiary/aromatic N) is 1. The van der Waals surface area contributed by atoms with Crippen LogP contribution >= 0.6 is 0 Å². The molecule has 31 heavy (non-hydrogen) atoms. The maximum atomic E-state index is 4.04. The summed E-state index contributed by atoms with van der Waals surface area (Å²) in [7, 11) is 0. The van der Waals surface area contributed by atoms with Gasteiger partial charge in [0.15, 0.2) is 0 Å². The monoisotopic (exact) mass is 410 g/mol. The zero-order valence-electron chi connectivity index (χ0n) is 19.4. The second-order valence-corrected chi connectivity index (χ2v) is 7.86. The summed E-state index contributed by atoms with van der Waals surface area (Å²) in [5.41, 5.74) is 9.47. The highest BCUT2D eigenvalue weighted by Gasteiger charge is 2.23. The first-order valence-corrected chi connectivity index (χ1v) is 10.6. The number of hydrogen-bond acceptors (Lipinski definition) is 2. The Bertz CT molecular complexity index is 1010. The first-order valence-electron chi connectivity index (χ1n) is 10.6. The molecular formula is C29H34N2. The van der Waals surface area contributed by atoms with Gasteiger partial charge in [0.05, 0.1) is 0 Å². The molecule has 2 heteroatoms. The van der Waals surface area contributed by atoms with Crippen molar-refractivity contribution in [2.75, 3.05) is 0 Å². The Morgan fingerprint density at radius 3 is 1.74 bits per heavy atom. The van der Waals surface area contributed by atoms with E-state index >= 15 is 0 Å². The summed E-state index contributed by atoms with van der Waals surface area (Å²) in [6.07, 6.45) is 1.82. The summed E-state index contributed by atoms with van der Waals surface area (Å²) in [6.45, 7) is 18.3. The Labute approximate surface area is 188 Å². The van der Waals surface area contributed by atoms with Crippen LogP contribution in [0.15, 0.2) is 115 Å². The predicted octanol–water partition coefficient (Wildman–Crippen LogP) is 7.43. The highest BCUT2D eigenvalue weighted by Crippen LogP contribution is 2.36. The van der Waals surface area contributed by atoms with Gasteiger partial charge in [-0.25, -0.2) is 0 Å². The minimum Gasteiger partial charge on any atom is -0.378 e. The number of aromatic nitrogens is 1. The average Bonchev–Trinajstić information content (AvgIpc) is 2.78. The summed E-state index contributed by atoms with van der Waals surface area (Å²) in [5, 5.41) is 3.48. The number of aryl methyl sites for hydroxylation is 3. The molecule has 0 aliphatic heterocycles. The second-order valence-electron chi connectivity index (χ2n) is 7.86. The molecule has 2 nitrogen and oxygen atoms in total. The van der Waals surface area contributed by atoms with E-state index < -0.39 is 0 Å². The topological polar surface area (TPSA) is 24.9 Å². The van der Waals surface area contributed by atoms with Gasteiger partial charge in [-0.2, -0.15) is 0 Å². The second kappa shape index (κ2) is 11.7. The summed E-state index contributed by atoms with van der Waals surface area (Å²) < 4.78 is 0. The van der Waals surface area contributed by atoms with Crippen molar-refractivity contribution in [3.8, 4) is 0 Å². The van der Waals surface area contributed by atoms with Gasteiger partial charge >= 0.3 is 0 Å². The summed E-state index contributed by atoms with van der Waals surface area (Å²) in [5.74, 6) is 0. The van der Waals surface area contributed by atoms with Crippen molar-refractivity contribution in [3.63, 3.8) is 0 Å². The van der Waals surface area contributed by atoms with Crippen molar-refractivity contribution in [1.82, 2.24) is 10.3 Å². The third-order valence-electron chi connectivity index (χ3n) is 5.15. The number of benzene rings is 2. The third-order valence-corrected chi connectivity index (χ3v) is 5.15. The molecule has 0 fully saturated rings. The Morgan fingerprint density at radius 1 is 0.742 bits per heavy atom. The van der Waals surface area contributed by atoms with Crippen LogP contribution in [0.5, 0.6) is 0 Å². The number of hydrogen-bond donors (Lipinski definition) is 1. The highest BCUT2D eigenvalue weighted by molar-refractivity contribution is 5.66. The van der Waals surface area contributed by atoms with Gasteiger partial charge in [-0.3, -0.25) is 4.98 Å². The molecule has 1 heterocycles. The third kappa shape index (κ3) is 7.42. The Balaban J connectivity index is 0.000000189. The van der Waals surface area contributed by atoms with Gasteiger partial charge in [0.1, 0.15) is 0 Å². The molecule has 0 saturated carbocycles. The van der Waals surface area contributed by atoms with Gasteiger partial charge in [0, 0.05) is 23.6 Å². The van der Waals surface area contributed by atoms with Crippen LogP contribution in [0.2, 0.25) is 0 Å². The molecule has 1 aliphatic rings. The van der Waals surface area contributed by atoms with Crippen LogP contribution in [0.1, 0.15) is 42.3 Å². The molecule has 0 bridgehead atoms. The lowest BCUT2D eigenvalue weighted by Crippen LogP contribution is -2.26. The van der Waals surface area contributed by atoms with Gasteiger partial charge in [0.2, 0.25) is 0 Å². The number of allylic oxidation sites excluding steroid dienone is 2. The SMILES string of the molecule is C=C1C(=C)C(N[C@H](C)c2ccccc2)=C1C.Cc1ccccc1.Cc1ccnc(C)c1. The smallest absolute Gasteiger partial charge is 0.0485 e. The zero-order chi connectivity index (χ0) is 22.8. The minimum atomic E-state index is 0.302. The van der Waals surface area contributed by atoms with Crippen LogP contribution in [0.4, 0.5) is 0 Å². The van der Waals surface area contributed by atoms with Crippen molar-refractivity contribution >= 4 is 0 Å². The lowest BCUT2D eigenvalue weighted by atomic mass is 9.85. The van der Waals surface area contributed by atoms with E-state index in [4.69, 9.17) is 0 Å².